The zero-order chi connectivity index (χ0) is 14.1. The zero-order valence-corrected chi connectivity index (χ0v) is 10.4. The predicted octanol–water partition coefficient (Wildman–Crippen LogP) is 0.862. The summed E-state index contributed by atoms with van der Waals surface area (Å²) in [5.41, 5.74) is -0.0825. The molecule has 0 saturated carbocycles. The van der Waals surface area contributed by atoms with Gasteiger partial charge in [0.1, 0.15) is 5.75 Å². The van der Waals surface area contributed by atoms with Crippen molar-refractivity contribution < 1.29 is 19.6 Å². The lowest BCUT2D eigenvalue weighted by molar-refractivity contribution is -0.384. The Morgan fingerprint density at radius 1 is 1.42 bits per heavy atom. The molecule has 7 nitrogen and oxygen atoms in total. The Balaban J connectivity index is 2.33. The Morgan fingerprint density at radius 2 is 2.21 bits per heavy atom. The Kier molecular flexibility index (Phi) is 6.31. The van der Waals surface area contributed by atoms with Gasteiger partial charge in [-0.05, 0) is 18.9 Å². The first-order valence-corrected chi connectivity index (χ1v) is 5.88. The third-order valence-electron chi connectivity index (χ3n) is 2.31. The fraction of sp³-hybridized carbons (Fsp3) is 0.417. The second-order valence-electron chi connectivity index (χ2n) is 3.82. The molecule has 0 atom stereocenters. The standard InChI is InChI=1S/C12H16N2O5/c15-7-2-1-6-13-12(16)9-19-11-5-3-4-10(8-11)14(17)18/h3-5,8,15H,1-2,6-7,9H2,(H,13,16). The number of rotatable bonds is 8. The summed E-state index contributed by atoms with van der Waals surface area (Å²) < 4.78 is 5.15. The van der Waals surface area contributed by atoms with E-state index >= 15 is 0 Å². The number of aliphatic hydroxyl groups is 1. The van der Waals surface area contributed by atoms with Gasteiger partial charge in [0.15, 0.2) is 6.61 Å². The average molecular weight is 268 g/mol. The van der Waals surface area contributed by atoms with E-state index in [0.29, 0.717) is 19.4 Å². The van der Waals surface area contributed by atoms with Crippen LogP contribution in [0.5, 0.6) is 5.75 Å². The van der Waals surface area contributed by atoms with Crippen molar-refractivity contribution in [3.8, 4) is 5.75 Å². The van der Waals surface area contributed by atoms with Gasteiger partial charge in [-0.2, -0.15) is 0 Å². The maximum absolute atomic E-state index is 11.4. The van der Waals surface area contributed by atoms with Crippen molar-refractivity contribution in [3.05, 3.63) is 34.4 Å². The van der Waals surface area contributed by atoms with Gasteiger partial charge in [-0.15, -0.1) is 0 Å². The number of unbranched alkanes of at least 4 members (excludes halogenated alkanes) is 1. The maximum Gasteiger partial charge on any atom is 0.273 e. The third kappa shape index (κ3) is 5.82. The molecule has 1 aromatic carbocycles. The summed E-state index contributed by atoms with van der Waals surface area (Å²) in [6.07, 6.45) is 1.32. The van der Waals surface area contributed by atoms with Crippen molar-refractivity contribution in [2.24, 2.45) is 0 Å². The molecule has 2 N–H and O–H groups in total. The summed E-state index contributed by atoms with van der Waals surface area (Å²) in [6.45, 7) is 0.373. The van der Waals surface area contributed by atoms with Crippen molar-refractivity contribution in [1.29, 1.82) is 0 Å². The number of nitrogens with one attached hydrogen (secondary N) is 1. The van der Waals surface area contributed by atoms with E-state index in [0.717, 1.165) is 0 Å². The maximum atomic E-state index is 11.4. The van der Waals surface area contributed by atoms with E-state index in [1.54, 1.807) is 6.07 Å². The number of hydrogen-bond donors (Lipinski definition) is 2. The van der Waals surface area contributed by atoms with Crippen LogP contribution >= 0.6 is 0 Å². The van der Waals surface area contributed by atoms with Crippen LogP contribution in [0.15, 0.2) is 24.3 Å². The lowest BCUT2D eigenvalue weighted by atomic mass is 10.3. The van der Waals surface area contributed by atoms with Crippen LogP contribution in [0.3, 0.4) is 0 Å². The molecule has 19 heavy (non-hydrogen) atoms. The molecule has 0 aliphatic heterocycles. The van der Waals surface area contributed by atoms with Crippen LogP contribution in [-0.2, 0) is 4.79 Å². The first-order valence-electron chi connectivity index (χ1n) is 5.88. The minimum absolute atomic E-state index is 0.0825. The number of carbonyl (C=O) groups excluding carboxylic acids is 1. The van der Waals surface area contributed by atoms with E-state index in [9.17, 15) is 14.9 Å². The van der Waals surface area contributed by atoms with Crippen LogP contribution in [0.25, 0.3) is 0 Å². The lowest BCUT2D eigenvalue weighted by Crippen LogP contribution is -2.29. The SMILES string of the molecule is O=C(COc1cccc([N+](=O)[O-])c1)NCCCCO. The summed E-state index contributed by atoms with van der Waals surface area (Å²) in [7, 11) is 0. The molecule has 0 aliphatic carbocycles. The highest BCUT2D eigenvalue weighted by molar-refractivity contribution is 5.77. The highest BCUT2D eigenvalue weighted by Gasteiger charge is 2.07. The van der Waals surface area contributed by atoms with Gasteiger partial charge in [0.05, 0.1) is 11.0 Å². The second kappa shape index (κ2) is 8.04. The molecule has 0 unspecified atom stereocenters. The molecule has 0 radical (unpaired) electrons. The number of benzene rings is 1. The minimum atomic E-state index is -0.526. The molecule has 0 aliphatic rings. The number of carbonyl (C=O) groups is 1. The van der Waals surface area contributed by atoms with Crippen LogP contribution in [-0.4, -0.2) is 35.7 Å². The average Bonchev–Trinajstić information content (AvgIpc) is 2.41. The van der Waals surface area contributed by atoms with E-state index in [1.807, 2.05) is 0 Å². The van der Waals surface area contributed by atoms with E-state index < -0.39 is 4.92 Å². The van der Waals surface area contributed by atoms with Crippen LogP contribution in [0, 0.1) is 10.1 Å². The largest absolute Gasteiger partial charge is 0.484 e. The number of nitrogens with zero attached hydrogens (tertiary/aromatic N) is 1. The molecule has 0 saturated heterocycles. The summed E-state index contributed by atoms with van der Waals surface area (Å²) in [5, 5.41) is 21.7. The van der Waals surface area contributed by atoms with Gasteiger partial charge in [0.25, 0.3) is 11.6 Å². The fourth-order valence-corrected chi connectivity index (χ4v) is 1.35. The van der Waals surface area contributed by atoms with E-state index in [4.69, 9.17) is 9.84 Å². The Bertz CT molecular complexity index is 436. The van der Waals surface area contributed by atoms with Crippen LogP contribution in [0.4, 0.5) is 5.69 Å². The first kappa shape index (κ1) is 14.9. The quantitative estimate of drug-likeness (QED) is 0.413. The fourth-order valence-electron chi connectivity index (χ4n) is 1.35. The van der Waals surface area contributed by atoms with Gasteiger partial charge >= 0.3 is 0 Å². The summed E-state index contributed by atoms with van der Waals surface area (Å²) >= 11 is 0. The normalized spacial score (nSPS) is 9.95. The van der Waals surface area contributed by atoms with Gasteiger partial charge in [-0.1, -0.05) is 6.07 Å². The topological polar surface area (TPSA) is 102 Å². The summed E-state index contributed by atoms with van der Waals surface area (Å²) in [5.74, 6) is -0.0239. The molecule has 1 aromatic rings. The molecule has 104 valence electrons. The second-order valence-corrected chi connectivity index (χ2v) is 3.82. The molecular formula is C12H16N2O5. The van der Waals surface area contributed by atoms with Crippen molar-refractivity contribution >= 4 is 11.6 Å². The van der Waals surface area contributed by atoms with Crippen molar-refractivity contribution in [2.75, 3.05) is 19.8 Å². The molecule has 0 fully saturated rings. The Morgan fingerprint density at radius 3 is 2.89 bits per heavy atom. The number of ether oxygens (including phenoxy) is 1. The molecule has 0 aromatic heterocycles. The summed E-state index contributed by atoms with van der Waals surface area (Å²) in [4.78, 5) is 21.4. The number of hydrogen-bond acceptors (Lipinski definition) is 5. The van der Waals surface area contributed by atoms with Crippen LogP contribution in [0.1, 0.15) is 12.8 Å². The van der Waals surface area contributed by atoms with Gasteiger partial charge in [-0.3, -0.25) is 14.9 Å². The van der Waals surface area contributed by atoms with Gasteiger partial charge in [0.2, 0.25) is 0 Å². The molecule has 7 heteroatoms. The monoisotopic (exact) mass is 268 g/mol. The smallest absolute Gasteiger partial charge is 0.273 e. The zero-order valence-electron chi connectivity index (χ0n) is 10.4. The van der Waals surface area contributed by atoms with E-state index in [2.05, 4.69) is 5.32 Å². The molecule has 1 rings (SSSR count). The van der Waals surface area contributed by atoms with Crippen molar-refractivity contribution in [2.45, 2.75) is 12.8 Å². The lowest BCUT2D eigenvalue weighted by Gasteiger charge is -2.07. The number of nitro groups is 1. The van der Waals surface area contributed by atoms with Crippen molar-refractivity contribution in [1.82, 2.24) is 5.32 Å². The van der Waals surface area contributed by atoms with Gasteiger partial charge < -0.3 is 15.2 Å². The number of aliphatic hydroxyl groups excluding tert-OH is 1. The van der Waals surface area contributed by atoms with E-state index in [-0.39, 0.29) is 30.6 Å². The van der Waals surface area contributed by atoms with E-state index in [1.165, 1.54) is 18.2 Å². The molecule has 0 bridgehead atoms. The van der Waals surface area contributed by atoms with Crippen LogP contribution in [0.2, 0.25) is 0 Å². The van der Waals surface area contributed by atoms with Gasteiger partial charge in [0, 0.05) is 19.2 Å². The number of nitro benzene ring substituents is 1. The molecule has 1 amide bonds. The first-order chi connectivity index (χ1) is 9.13. The van der Waals surface area contributed by atoms with Gasteiger partial charge in [-0.25, -0.2) is 0 Å². The predicted molar refractivity (Wildman–Crippen MR) is 67.9 cm³/mol. The highest BCUT2D eigenvalue weighted by Crippen LogP contribution is 2.18. The number of amides is 1. The van der Waals surface area contributed by atoms with Crippen LogP contribution < -0.4 is 10.1 Å². The number of non-ortho nitro benzene ring substituents is 1. The summed E-state index contributed by atoms with van der Waals surface area (Å²) in [6, 6.07) is 5.65. The van der Waals surface area contributed by atoms with Crippen molar-refractivity contribution in [3.63, 3.8) is 0 Å². The third-order valence-corrected chi connectivity index (χ3v) is 2.31. The molecule has 0 heterocycles. The molecule has 0 spiro atoms. The minimum Gasteiger partial charge on any atom is -0.484 e. The Hall–Kier alpha value is -2.15. The molecular weight excluding hydrogens is 252 g/mol. The highest BCUT2D eigenvalue weighted by atomic mass is 16.6. The Labute approximate surface area is 110 Å².